The predicted octanol–water partition coefficient (Wildman–Crippen LogP) is 4.98. The minimum atomic E-state index is -0.304. The van der Waals surface area contributed by atoms with E-state index in [1.54, 1.807) is 12.5 Å². The van der Waals surface area contributed by atoms with Gasteiger partial charge in [0.2, 0.25) is 0 Å². The molecule has 0 spiro atoms. The summed E-state index contributed by atoms with van der Waals surface area (Å²) >= 11 is 6.10. The SMILES string of the molecule is CC(C)(C)Cc1noc2ncc(C(=O)N3CCc4[nH]cnc4C3c3ccc(Cl)cc3)cc12. The zero-order valence-electron chi connectivity index (χ0n) is 18.2. The van der Waals surface area contributed by atoms with Crippen LogP contribution in [-0.2, 0) is 12.8 Å². The molecule has 0 saturated carbocycles. The van der Waals surface area contributed by atoms with Crippen molar-refractivity contribution in [3.8, 4) is 0 Å². The Morgan fingerprint density at radius 3 is 2.78 bits per heavy atom. The molecule has 164 valence electrons. The maximum absolute atomic E-state index is 13.7. The molecule has 0 aliphatic carbocycles. The first-order chi connectivity index (χ1) is 15.3. The van der Waals surface area contributed by atoms with Gasteiger partial charge in [0.15, 0.2) is 0 Å². The fourth-order valence-electron chi connectivity index (χ4n) is 4.27. The van der Waals surface area contributed by atoms with Crippen LogP contribution in [0.5, 0.6) is 0 Å². The van der Waals surface area contributed by atoms with Gasteiger partial charge in [-0.1, -0.05) is 49.7 Å². The smallest absolute Gasteiger partial charge is 0.257 e. The average Bonchev–Trinajstić information content (AvgIpc) is 3.39. The van der Waals surface area contributed by atoms with Crippen molar-refractivity contribution in [2.24, 2.45) is 5.41 Å². The van der Waals surface area contributed by atoms with E-state index in [0.29, 0.717) is 29.3 Å². The summed E-state index contributed by atoms with van der Waals surface area (Å²) in [5, 5.41) is 5.63. The number of imidazole rings is 1. The van der Waals surface area contributed by atoms with Gasteiger partial charge in [-0.25, -0.2) is 9.97 Å². The van der Waals surface area contributed by atoms with Crippen LogP contribution in [0.4, 0.5) is 0 Å². The molecule has 1 unspecified atom stereocenters. The molecule has 1 atom stereocenters. The highest BCUT2D eigenvalue weighted by Gasteiger charge is 2.35. The number of halogens is 1. The highest BCUT2D eigenvalue weighted by atomic mass is 35.5. The molecule has 7 nitrogen and oxygen atoms in total. The van der Waals surface area contributed by atoms with Gasteiger partial charge in [-0.3, -0.25) is 4.79 Å². The molecule has 0 fully saturated rings. The molecule has 1 amide bonds. The van der Waals surface area contributed by atoms with Gasteiger partial charge in [0.25, 0.3) is 11.6 Å². The van der Waals surface area contributed by atoms with Crippen LogP contribution < -0.4 is 0 Å². The third-order valence-electron chi connectivity index (χ3n) is 5.72. The molecule has 4 heterocycles. The van der Waals surface area contributed by atoms with Crippen LogP contribution in [0.1, 0.15) is 59.8 Å². The first-order valence-electron chi connectivity index (χ1n) is 10.6. The molecule has 8 heteroatoms. The Hall–Kier alpha value is -3.19. The lowest BCUT2D eigenvalue weighted by Gasteiger charge is -2.35. The van der Waals surface area contributed by atoms with Crippen molar-refractivity contribution in [2.45, 2.75) is 39.7 Å². The molecule has 4 aromatic rings. The number of amides is 1. The minimum Gasteiger partial charge on any atom is -0.348 e. The number of nitrogens with zero attached hydrogens (tertiary/aromatic N) is 4. The van der Waals surface area contributed by atoms with E-state index < -0.39 is 0 Å². The Morgan fingerprint density at radius 1 is 1.25 bits per heavy atom. The maximum atomic E-state index is 13.7. The number of benzene rings is 1. The number of rotatable bonds is 3. The average molecular weight is 450 g/mol. The van der Waals surface area contributed by atoms with E-state index >= 15 is 0 Å². The topological polar surface area (TPSA) is 87.9 Å². The Bertz CT molecular complexity index is 1290. The summed E-state index contributed by atoms with van der Waals surface area (Å²) in [6, 6.07) is 9.11. The summed E-state index contributed by atoms with van der Waals surface area (Å²) in [5.41, 5.74) is 4.68. The summed E-state index contributed by atoms with van der Waals surface area (Å²) in [4.78, 5) is 27.7. The van der Waals surface area contributed by atoms with E-state index in [1.807, 2.05) is 35.2 Å². The highest BCUT2D eigenvalue weighted by Crippen LogP contribution is 2.35. The first kappa shape index (κ1) is 20.7. The fourth-order valence-corrected chi connectivity index (χ4v) is 4.40. The van der Waals surface area contributed by atoms with Crippen LogP contribution in [0, 0.1) is 5.41 Å². The number of nitrogens with one attached hydrogen (secondary N) is 1. The van der Waals surface area contributed by atoms with Crippen molar-refractivity contribution < 1.29 is 9.32 Å². The van der Waals surface area contributed by atoms with Gasteiger partial charge in [0.05, 0.1) is 28.7 Å². The molecule has 1 aliphatic heterocycles. The van der Waals surface area contributed by atoms with E-state index in [2.05, 4.69) is 40.9 Å². The molecule has 32 heavy (non-hydrogen) atoms. The second-order valence-electron chi connectivity index (χ2n) is 9.41. The zero-order chi connectivity index (χ0) is 22.5. The van der Waals surface area contributed by atoms with E-state index in [-0.39, 0.29) is 17.4 Å². The standard InChI is InChI=1S/C24H24ClN5O2/c1-24(2,3)11-19-17-10-15(12-26-22(17)32-29-19)23(31)30-9-8-18-20(28-13-27-18)21(30)14-4-6-16(25)7-5-14/h4-7,10,12-13,21H,8-9,11H2,1-3H3,(H,27,28). The van der Waals surface area contributed by atoms with Crippen molar-refractivity contribution in [3.05, 3.63) is 76.1 Å². The lowest BCUT2D eigenvalue weighted by molar-refractivity contribution is 0.0690. The molecule has 1 aliphatic rings. The number of hydrogen-bond donors (Lipinski definition) is 1. The lowest BCUT2D eigenvalue weighted by Crippen LogP contribution is -2.40. The van der Waals surface area contributed by atoms with Gasteiger partial charge >= 0.3 is 0 Å². The van der Waals surface area contributed by atoms with Crippen molar-refractivity contribution >= 4 is 28.6 Å². The molecule has 1 N–H and O–H groups in total. The number of pyridine rings is 1. The summed E-state index contributed by atoms with van der Waals surface area (Å²) < 4.78 is 5.40. The van der Waals surface area contributed by atoms with Crippen molar-refractivity contribution in [1.29, 1.82) is 0 Å². The molecule has 5 rings (SSSR count). The molecule has 0 radical (unpaired) electrons. The van der Waals surface area contributed by atoms with Crippen molar-refractivity contribution in [1.82, 2.24) is 25.0 Å². The van der Waals surface area contributed by atoms with Crippen LogP contribution in [0.15, 0.2) is 47.4 Å². The van der Waals surface area contributed by atoms with E-state index in [0.717, 1.165) is 34.5 Å². The lowest BCUT2D eigenvalue weighted by atomic mass is 9.89. The van der Waals surface area contributed by atoms with Gasteiger partial charge in [0.1, 0.15) is 6.04 Å². The number of fused-ring (bicyclic) bond motifs is 2. The van der Waals surface area contributed by atoms with Crippen molar-refractivity contribution in [3.63, 3.8) is 0 Å². The Kier molecular flexibility index (Phi) is 5.01. The molecule has 3 aromatic heterocycles. The summed E-state index contributed by atoms with van der Waals surface area (Å²) in [6.45, 7) is 6.99. The van der Waals surface area contributed by atoms with Crippen molar-refractivity contribution in [2.75, 3.05) is 6.54 Å². The van der Waals surface area contributed by atoms with Crippen LogP contribution in [-0.4, -0.2) is 37.5 Å². The number of carbonyl (C=O) groups excluding carboxylic acids is 1. The number of carbonyl (C=O) groups is 1. The van der Waals surface area contributed by atoms with Crippen LogP contribution in [0.3, 0.4) is 0 Å². The Balaban J connectivity index is 1.54. The Morgan fingerprint density at radius 2 is 2.03 bits per heavy atom. The van der Waals surface area contributed by atoms with Crippen LogP contribution >= 0.6 is 11.6 Å². The number of hydrogen-bond acceptors (Lipinski definition) is 5. The largest absolute Gasteiger partial charge is 0.348 e. The Labute approximate surface area is 190 Å². The highest BCUT2D eigenvalue weighted by molar-refractivity contribution is 6.30. The second-order valence-corrected chi connectivity index (χ2v) is 9.85. The minimum absolute atomic E-state index is 0.0344. The zero-order valence-corrected chi connectivity index (χ0v) is 19.0. The summed E-state index contributed by atoms with van der Waals surface area (Å²) in [6.07, 6.45) is 4.69. The first-order valence-corrected chi connectivity index (χ1v) is 11.0. The van der Waals surface area contributed by atoms with Gasteiger partial charge in [-0.15, -0.1) is 0 Å². The maximum Gasteiger partial charge on any atom is 0.257 e. The molecule has 1 aromatic carbocycles. The van der Waals surface area contributed by atoms with Gasteiger partial charge in [0, 0.05) is 29.9 Å². The van der Waals surface area contributed by atoms with E-state index in [9.17, 15) is 4.79 Å². The number of aromatic amines is 1. The number of aromatic nitrogens is 4. The predicted molar refractivity (Wildman–Crippen MR) is 122 cm³/mol. The summed E-state index contributed by atoms with van der Waals surface area (Å²) in [7, 11) is 0. The summed E-state index contributed by atoms with van der Waals surface area (Å²) in [5.74, 6) is -0.101. The normalized spacial score (nSPS) is 16.4. The van der Waals surface area contributed by atoms with Crippen LogP contribution in [0.25, 0.3) is 11.1 Å². The van der Waals surface area contributed by atoms with Gasteiger partial charge < -0.3 is 14.4 Å². The van der Waals surface area contributed by atoms with Gasteiger partial charge in [-0.05, 0) is 35.6 Å². The number of H-pyrrole nitrogens is 1. The monoisotopic (exact) mass is 449 g/mol. The van der Waals surface area contributed by atoms with Crippen LogP contribution in [0.2, 0.25) is 5.02 Å². The van der Waals surface area contributed by atoms with E-state index in [4.69, 9.17) is 16.1 Å². The second kappa shape index (κ2) is 7.74. The third kappa shape index (κ3) is 3.77. The quantitative estimate of drug-likeness (QED) is 0.476. The third-order valence-corrected chi connectivity index (χ3v) is 5.97. The molecule has 0 saturated heterocycles. The fraction of sp³-hybridized carbons (Fsp3) is 0.333. The molecular weight excluding hydrogens is 426 g/mol. The van der Waals surface area contributed by atoms with Gasteiger partial charge in [-0.2, -0.15) is 0 Å². The molecular formula is C24H24ClN5O2. The molecule has 0 bridgehead atoms. The van der Waals surface area contributed by atoms with E-state index in [1.165, 1.54) is 0 Å².